The van der Waals surface area contributed by atoms with Gasteiger partial charge in [0.1, 0.15) is 0 Å². The van der Waals surface area contributed by atoms with Gasteiger partial charge in [0.25, 0.3) is 0 Å². The molecule has 0 fully saturated rings. The monoisotopic (exact) mass is 188 g/mol. The molecule has 1 aromatic rings. The van der Waals surface area contributed by atoms with Crippen LogP contribution < -0.4 is 11.1 Å². The second-order valence-electron chi connectivity index (χ2n) is 3.11. The lowest BCUT2D eigenvalue weighted by molar-refractivity contribution is 1.36. The standard InChI is InChI=1S/C12H16N2/c1-4-6-10(13)12-9(2)7-5-8-11(12)14-3/h4-8,14H,1,13H2,2-3H3/b10-6+. The molecule has 3 N–H and O–H groups in total. The second kappa shape index (κ2) is 4.51. The summed E-state index contributed by atoms with van der Waals surface area (Å²) in [6.07, 6.45) is 3.50. The minimum atomic E-state index is 0.738. The Balaban J connectivity index is 3.30. The Morgan fingerprint density at radius 1 is 1.50 bits per heavy atom. The van der Waals surface area contributed by atoms with E-state index in [1.165, 1.54) is 0 Å². The smallest absolute Gasteiger partial charge is 0.0434 e. The van der Waals surface area contributed by atoms with Crippen LogP contribution in [-0.2, 0) is 0 Å². The largest absolute Gasteiger partial charge is 0.398 e. The second-order valence-corrected chi connectivity index (χ2v) is 3.11. The van der Waals surface area contributed by atoms with E-state index >= 15 is 0 Å². The van der Waals surface area contributed by atoms with Crippen LogP contribution in [-0.4, -0.2) is 7.05 Å². The zero-order valence-corrected chi connectivity index (χ0v) is 8.67. The van der Waals surface area contributed by atoms with Gasteiger partial charge < -0.3 is 11.1 Å². The average molecular weight is 188 g/mol. The molecule has 0 spiro atoms. The zero-order chi connectivity index (χ0) is 10.6. The molecule has 0 bridgehead atoms. The highest BCUT2D eigenvalue weighted by Gasteiger charge is 2.05. The third-order valence-corrected chi connectivity index (χ3v) is 2.13. The first-order chi connectivity index (χ1) is 6.70. The first kappa shape index (κ1) is 10.4. The van der Waals surface area contributed by atoms with Gasteiger partial charge in [-0.05, 0) is 24.6 Å². The summed E-state index contributed by atoms with van der Waals surface area (Å²) in [5.74, 6) is 0. The molecule has 14 heavy (non-hydrogen) atoms. The Morgan fingerprint density at radius 2 is 2.21 bits per heavy atom. The number of allylic oxidation sites excluding steroid dienone is 2. The summed E-state index contributed by atoms with van der Waals surface area (Å²) < 4.78 is 0. The molecule has 0 saturated heterocycles. The number of aryl methyl sites for hydroxylation is 1. The highest BCUT2D eigenvalue weighted by atomic mass is 14.8. The van der Waals surface area contributed by atoms with Crippen molar-refractivity contribution in [3.8, 4) is 0 Å². The molecule has 0 amide bonds. The van der Waals surface area contributed by atoms with Gasteiger partial charge in [-0.15, -0.1) is 0 Å². The molecule has 0 radical (unpaired) electrons. The van der Waals surface area contributed by atoms with E-state index < -0.39 is 0 Å². The zero-order valence-electron chi connectivity index (χ0n) is 8.67. The Labute approximate surface area is 85.1 Å². The fraction of sp³-hybridized carbons (Fsp3) is 0.167. The highest BCUT2D eigenvalue weighted by molar-refractivity contribution is 5.77. The first-order valence-corrected chi connectivity index (χ1v) is 4.56. The minimum Gasteiger partial charge on any atom is -0.398 e. The average Bonchev–Trinajstić information content (AvgIpc) is 2.17. The predicted octanol–water partition coefficient (Wildman–Crippen LogP) is 2.52. The van der Waals surface area contributed by atoms with E-state index in [1.807, 2.05) is 38.2 Å². The number of benzene rings is 1. The molecule has 0 aliphatic carbocycles. The van der Waals surface area contributed by atoms with E-state index in [-0.39, 0.29) is 0 Å². The lowest BCUT2D eigenvalue weighted by Gasteiger charge is -2.11. The third kappa shape index (κ3) is 1.96. The van der Waals surface area contributed by atoms with Crippen molar-refractivity contribution in [1.82, 2.24) is 0 Å². The van der Waals surface area contributed by atoms with Gasteiger partial charge in [0.2, 0.25) is 0 Å². The number of nitrogens with one attached hydrogen (secondary N) is 1. The van der Waals surface area contributed by atoms with Crippen LogP contribution in [0, 0.1) is 6.92 Å². The molecule has 1 rings (SSSR count). The summed E-state index contributed by atoms with van der Waals surface area (Å²) in [5, 5.41) is 3.12. The molecule has 0 aliphatic rings. The van der Waals surface area contributed by atoms with Crippen molar-refractivity contribution in [2.75, 3.05) is 12.4 Å². The molecule has 1 aromatic carbocycles. The molecule has 0 saturated carbocycles. The van der Waals surface area contributed by atoms with Crippen molar-refractivity contribution in [3.63, 3.8) is 0 Å². The molecule has 0 aromatic heterocycles. The van der Waals surface area contributed by atoms with Crippen LogP contribution in [0.15, 0.2) is 36.9 Å². The van der Waals surface area contributed by atoms with Gasteiger partial charge in [-0.25, -0.2) is 0 Å². The molecular weight excluding hydrogens is 172 g/mol. The quantitative estimate of drug-likeness (QED) is 0.715. The Kier molecular flexibility index (Phi) is 3.35. The van der Waals surface area contributed by atoms with Crippen LogP contribution in [0.5, 0.6) is 0 Å². The van der Waals surface area contributed by atoms with Crippen LogP contribution in [0.4, 0.5) is 5.69 Å². The Morgan fingerprint density at radius 3 is 2.79 bits per heavy atom. The molecule has 0 unspecified atom stereocenters. The van der Waals surface area contributed by atoms with Crippen LogP contribution in [0.25, 0.3) is 5.70 Å². The van der Waals surface area contributed by atoms with Gasteiger partial charge in [0.05, 0.1) is 0 Å². The van der Waals surface area contributed by atoms with Crippen LogP contribution in [0.2, 0.25) is 0 Å². The van der Waals surface area contributed by atoms with Crippen LogP contribution in [0.3, 0.4) is 0 Å². The van der Waals surface area contributed by atoms with E-state index in [1.54, 1.807) is 6.08 Å². The van der Waals surface area contributed by atoms with Crippen molar-refractivity contribution in [2.24, 2.45) is 5.73 Å². The van der Waals surface area contributed by atoms with Crippen molar-refractivity contribution in [1.29, 1.82) is 0 Å². The Bertz CT molecular complexity index is 365. The van der Waals surface area contributed by atoms with E-state index in [0.29, 0.717) is 0 Å². The topological polar surface area (TPSA) is 38.0 Å². The molecule has 0 atom stereocenters. The van der Waals surface area contributed by atoms with Gasteiger partial charge in [-0.3, -0.25) is 0 Å². The van der Waals surface area contributed by atoms with Crippen molar-refractivity contribution in [3.05, 3.63) is 48.1 Å². The first-order valence-electron chi connectivity index (χ1n) is 4.56. The Hall–Kier alpha value is -1.70. The summed E-state index contributed by atoms with van der Waals surface area (Å²) in [6, 6.07) is 6.05. The van der Waals surface area contributed by atoms with E-state index in [2.05, 4.69) is 11.9 Å². The van der Waals surface area contributed by atoms with Gasteiger partial charge >= 0.3 is 0 Å². The summed E-state index contributed by atoms with van der Waals surface area (Å²) in [5.41, 5.74) is 9.92. The molecular formula is C12H16N2. The number of nitrogens with two attached hydrogens (primary N) is 1. The SMILES string of the molecule is C=C/C=C(/N)c1c(C)cccc1NC. The fourth-order valence-electron chi connectivity index (χ4n) is 1.47. The number of hydrogen-bond acceptors (Lipinski definition) is 2. The molecule has 0 heterocycles. The summed E-state index contributed by atoms with van der Waals surface area (Å²) >= 11 is 0. The molecule has 74 valence electrons. The van der Waals surface area contributed by atoms with Gasteiger partial charge in [0, 0.05) is 24.0 Å². The van der Waals surface area contributed by atoms with Gasteiger partial charge in [0.15, 0.2) is 0 Å². The van der Waals surface area contributed by atoms with Crippen LogP contribution >= 0.6 is 0 Å². The van der Waals surface area contributed by atoms with E-state index in [0.717, 1.165) is 22.5 Å². The number of rotatable bonds is 3. The normalized spacial score (nSPS) is 11.1. The van der Waals surface area contributed by atoms with Crippen molar-refractivity contribution >= 4 is 11.4 Å². The fourth-order valence-corrected chi connectivity index (χ4v) is 1.47. The predicted molar refractivity (Wildman–Crippen MR) is 63.1 cm³/mol. The highest BCUT2D eigenvalue weighted by Crippen LogP contribution is 2.23. The molecule has 2 heteroatoms. The van der Waals surface area contributed by atoms with E-state index in [9.17, 15) is 0 Å². The lowest BCUT2D eigenvalue weighted by atomic mass is 10.0. The van der Waals surface area contributed by atoms with E-state index in [4.69, 9.17) is 5.73 Å². The third-order valence-electron chi connectivity index (χ3n) is 2.13. The van der Waals surface area contributed by atoms with Gasteiger partial charge in [-0.1, -0.05) is 24.8 Å². The maximum atomic E-state index is 5.93. The molecule has 0 aliphatic heterocycles. The summed E-state index contributed by atoms with van der Waals surface area (Å²) in [6.45, 7) is 5.68. The maximum absolute atomic E-state index is 5.93. The lowest BCUT2D eigenvalue weighted by Crippen LogP contribution is -2.03. The van der Waals surface area contributed by atoms with Crippen LogP contribution in [0.1, 0.15) is 11.1 Å². The van der Waals surface area contributed by atoms with Gasteiger partial charge in [-0.2, -0.15) is 0 Å². The van der Waals surface area contributed by atoms with Crippen molar-refractivity contribution < 1.29 is 0 Å². The summed E-state index contributed by atoms with van der Waals surface area (Å²) in [4.78, 5) is 0. The van der Waals surface area contributed by atoms with Crippen molar-refractivity contribution in [2.45, 2.75) is 6.92 Å². The number of hydrogen-bond donors (Lipinski definition) is 2. The minimum absolute atomic E-state index is 0.738. The summed E-state index contributed by atoms with van der Waals surface area (Å²) in [7, 11) is 1.89. The maximum Gasteiger partial charge on any atom is 0.0434 e. The number of anilines is 1. The molecule has 2 nitrogen and oxygen atoms in total.